The second-order valence-electron chi connectivity index (χ2n) is 7.63. The number of amides is 2. The Kier molecular flexibility index (Phi) is 7.26. The summed E-state index contributed by atoms with van der Waals surface area (Å²) < 4.78 is 5.74. The number of likely N-dealkylation sites (tertiary alicyclic amines) is 1. The molecule has 1 unspecified atom stereocenters. The van der Waals surface area contributed by atoms with E-state index in [1.165, 1.54) is 12.8 Å². The molecule has 1 aromatic heterocycles. The van der Waals surface area contributed by atoms with Crippen molar-refractivity contribution in [1.29, 1.82) is 0 Å². The second kappa shape index (κ2) is 9.88. The number of carbonyl (C=O) groups is 1. The van der Waals surface area contributed by atoms with E-state index in [1.54, 1.807) is 12.4 Å². The third-order valence-corrected chi connectivity index (χ3v) is 5.44. The first-order chi connectivity index (χ1) is 12.7. The summed E-state index contributed by atoms with van der Waals surface area (Å²) in [6.07, 6.45) is 8.35. The molecule has 0 aromatic carbocycles. The third-order valence-electron chi connectivity index (χ3n) is 5.44. The lowest BCUT2D eigenvalue weighted by molar-refractivity contribution is 0.0792. The minimum atomic E-state index is 0.00249. The van der Waals surface area contributed by atoms with Gasteiger partial charge in [0, 0.05) is 45.2 Å². The molecule has 26 heavy (non-hydrogen) atoms. The Balaban J connectivity index is 1.48. The van der Waals surface area contributed by atoms with Gasteiger partial charge in [-0.25, -0.2) is 4.79 Å². The van der Waals surface area contributed by atoms with Gasteiger partial charge in [-0.3, -0.25) is 4.98 Å². The van der Waals surface area contributed by atoms with Crippen molar-refractivity contribution in [2.45, 2.75) is 45.3 Å². The van der Waals surface area contributed by atoms with Crippen LogP contribution in [0.15, 0.2) is 24.5 Å². The Labute approximate surface area is 156 Å². The largest absolute Gasteiger partial charge is 0.376 e. The first-order valence-corrected chi connectivity index (χ1v) is 9.96. The molecule has 2 aliphatic rings. The molecule has 1 atom stereocenters. The molecule has 3 rings (SSSR count). The Morgan fingerprint density at radius 1 is 1.31 bits per heavy atom. The number of piperidine rings is 1. The maximum atomic E-state index is 12.8. The minimum Gasteiger partial charge on any atom is -0.376 e. The molecule has 0 bridgehead atoms. The van der Waals surface area contributed by atoms with Crippen LogP contribution in [0.2, 0.25) is 0 Å². The van der Waals surface area contributed by atoms with Crippen LogP contribution in [0, 0.1) is 5.92 Å². The summed E-state index contributed by atoms with van der Waals surface area (Å²) in [4.78, 5) is 21.1. The number of aromatic nitrogens is 1. The monoisotopic (exact) mass is 360 g/mol. The number of rotatable bonds is 7. The van der Waals surface area contributed by atoms with Crippen molar-refractivity contribution < 1.29 is 9.53 Å². The standard InChI is InChI=1S/C20H32N4O2/c1-17-6-11-23(12-7-17)13-10-22-20(25)24(16-19-3-2-14-26-19)15-18-4-8-21-9-5-18/h4-5,8-9,17,19H,2-3,6-7,10-16H2,1H3,(H,22,25). The van der Waals surface area contributed by atoms with Crippen LogP contribution in [0.25, 0.3) is 0 Å². The zero-order valence-corrected chi connectivity index (χ0v) is 15.9. The molecular formula is C20H32N4O2. The number of hydrogen-bond acceptors (Lipinski definition) is 4. The Bertz CT molecular complexity index is 540. The zero-order chi connectivity index (χ0) is 18.2. The molecule has 6 nitrogen and oxygen atoms in total. The molecule has 2 aliphatic heterocycles. The Morgan fingerprint density at radius 3 is 2.77 bits per heavy atom. The summed E-state index contributed by atoms with van der Waals surface area (Å²) >= 11 is 0. The van der Waals surface area contributed by atoms with Crippen LogP contribution in [0.3, 0.4) is 0 Å². The van der Waals surface area contributed by atoms with E-state index in [1.807, 2.05) is 17.0 Å². The van der Waals surface area contributed by atoms with Crippen LogP contribution in [-0.2, 0) is 11.3 Å². The Morgan fingerprint density at radius 2 is 2.08 bits per heavy atom. The van der Waals surface area contributed by atoms with Gasteiger partial charge < -0.3 is 19.9 Å². The van der Waals surface area contributed by atoms with Gasteiger partial charge in [0.1, 0.15) is 0 Å². The maximum Gasteiger partial charge on any atom is 0.317 e. The van der Waals surface area contributed by atoms with E-state index in [0.29, 0.717) is 19.6 Å². The summed E-state index contributed by atoms with van der Waals surface area (Å²) in [6.45, 7) is 8.29. The summed E-state index contributed by atoms with van der Waals surface area (Å²) in [5.74, 6) is 0.836. The average molecular weight is 361 g/mol. The highest BCUT2D eigenvalue weighted by Gasteiger charge is 2.23. The van der Waals surface area contributed by atoms with Gasteiger partial charge in [0.25, 0.3) is 0 Å². The number of nitrogens with one attached hydrogen (secondary N) is 1. The van der Waals surface area contributed by atoms with E-state index >= 15 is 0 Å². The first-order valence-electron chi connectivity index (χ1n) is 9.96. The smallest absolute Gasteiger partial charge is 0.317 e. The lowest BCUT2D eigenvalue weighted by Crippen LogP contribution is -2.46. The molecule has 0 aliphatic carbocycles. The molecule has 0 radical (unpaired) electrons. The van der Waals surface area contributed by atoms with Crippen LogP contribution in [0.1, 0.15) is 38.2 Å². The number of nitrogens with zero attached hydrogens (tertiary/aromatic N) is 3. The van der Waals surface area contributed by atoms with Crippen LogP contribution < -0.4 is 5.32 Å². The van der Waals surface area contributed by atoms with Gasteiger partial charge in [0.2, 0.25) is 0 Å². The molecule has 144 valence electrons. The van der Waals surface area contributed by atoms with Gasteiger partial charge >= 0.3 is 6.03 Å². The van der Waals surface area contributed by atoms with Gasteiger partial charge in [-0.15, -0.1) is 0 Å². The minimum absolute atomic E-state index is 0.00249. The Hall–Kier alpha value is -1.66. The highest BCUT2D eigenvalue weighted by molar-refractivity contribution is 5.74. The van der Waals surface area contributed by atoms with Crippen LogP contribution in [-0.4, -0.2) is 66.2 Å². The molecule has 1 aromatic rings. The molecule has 1 N–H and O–H groups in total. The quantitative estimate of drug-likeness (QED) is 0.812. The molecule has 2 fully saturated rings. The van der Waals surface area contributed by atoms with E-state index in [-0.39, 0.29) is 12.1 Å². The van der Waals surface area contributed by atoms with Crippen molar-refractivity contribution in [2.24, 2.45) is 5.92 Å². The predicted octanol–water partition coefficient (Wildman–Crippen LogP) is 2.50. The number of urea groups is 1. The lowest BCUT2D eigenvalue weighted by Gasteiger charge is -2.31. The predicted molar refractivity (Wildman–Crippen MR) is 102 cm³/mol. The fourth-order valence-corrected chi connectivity index (χ4v) is 3.68. The van der Waals surface area contributed by atoms with Crippen molar-refractivity contribution in [3.05, 3.63) is 30.1 Å². The van der Waals surface area contributed by atoms with Crippen LogP contribution in [0.5, 0.6) is 0 Å². The van der Waals surface area contributed by atoms with E-state index < -0.39 is 0 Å². The number of ether oxygens (including phenoxy) is 1. The van der Waals surface area contributed by atoms with E-state index in [9.17, 15) is 4.79 Å². The van der Waals surface area contributed by atoms with E-state index in [0.717, 1.165) is 50.6 Å². The van der Waals surface area contributed by atoms with Crippen LogP contribution >= 0.6 is 0 Å². The SMILES string of the molecule is CC1CCN(CCNC(=O)N(Cc2ccncc2)CC2CCCO2)CC1. The van der Waals surface area contributed by atoms with Gasteiger partial charge in [-0.1, -0.05) is 6.92 Å². The molecule has 3 heterocycles. The van der Waals surface area contributed by atoms with E-state index in [4.69, 9.17) is 4.74 Å². The average Bonchev–Trinajstić information content (AvgIpc) is 3.17. The molecule has 2 amide bonds. The summed E-state index contributed by atoms with van der Waals surface area (Å²) in [7, 11) is 0. The normalized spacial score (nSPS) is 21.7. The van der Waals surface area contributed by atoms with Crippen molar-refractivity contribution in [3.8, 4) is 0 Å². The second-order valence-corrected chi connectivity index (χ2v) is 7.63. The van der Waals surface area contributed by atoms with E-state index in [2.05, 4.69) is 22.1 Å². The number of pyridine rings is 1. The molecule has 2 saturated heterocycles. The van der Waals surface area contributed by atoms with Crippen molar-refractivity contribution >= 4 is 6.03 Å². The first kappa shape index (κ1) is 19.1. The summed E-state index contributed by atoms with van der Waals surface area (Å²) in [5.41, 5.74) is 1.10. The van der Waals surface area contributed by atoms with Crippen molar-refractivity contribution in [1.82, 2.24) is 20.1 Å². The van der Waals surface area contributed by atoms with Crippen LogP contribution in [0.4, 0.5) is 4.79 Å². The lowest BCUT2D eigenvalue weighted by atomic mass is 9.99. The van der Waals surface area contributed by atoms with Gasteiger partial charge in [-0.05, 0) is 62.4 Å². The maximum absolute atomic E-state index is 12.8. The fraction of sp³-hybridized carbons (Fsp3) is 0.700. The van der Waals surface area contributed by atoms with Gasteiger partial charge in [0.15, 0.2) is 0 Å². The summed E-state index contributed by atoms with van der Waals surface area (Å²) in [6, 6.07) is 3.93. The molecule has 0 spiro atoms. The van der Waals surface area contributed by atoms with Gasteiger partial charge in [0.05, 0.1) is 6.10 Å². The van der Waals surface area contributed by atoms with Gasteiger partial charge in [-0.2, -0.15) is 0 Å². The molecular weight excluding hydrogens is 328 g/mol. The molecule has 6 heteroatoms. The zero-order valence-electron chi connectivity index (χ0n) is 15.9. The number of hydrogen-bond donors (Lipinski definition) is 1. The topological polar surface area (TPSA) is 57.7 Å². The summed E-state index contributed by atoms with van der Waals surface area (Å²) in [5, 5.41) is 3.11. The highest BCUT2D eigenvalue weighted by Crippen LogP contribution is 2.16. The third kappa shape index (κ3) is 5.95. The van der Waals surface area contributed by atoms with Crippen molar-refractivity contribution in [3.63, 3.8) is 0 Å². The number of carbonyl (C=O) groups excluding carboxylic acids is 1. The fourth-order valence-electron chi connectivity index (χ4n) is 3.68. The highest BCUT2D eigenvalue weighted by atomic mass is 16.5. The van der Waals surface area contributed by atoms with Crippen molar-refractivity contribution in [2.75, 3.05) is 39.3 Å². The molecule has 0 saturated carbocycles.